The maximum absolute atomic E-state index is 10.4. The summed E-state index contributed by atoms with van der Waals surface area (Å²) in [7, 11) is 3.92. The van der Waals surface area contributed by atoms with Crippen molar-refractivity contribution in [3.05, 3.63) is 48.5 Å². The normalized spacial score (nSPS) is 10.0. The van der Waals surface area contributed by atoms with Crippen molar-refractivity contribution in [2.75, 3.05) is 25.6 Å². The average molecular weight is 254 g/mol. The van der Waals surface area contributed by atoms with Gasteiger partial charge in [-0.3, -0.25) is 4.79 Å². The lowest BCUT2D eigenvalue weighted by Crippen LogP contribution is -2.12. The molecule has 97 valence electrons. The van der Waals surface area contributed by atoms with E-state index in [0.29, 0.717) is 5.75 Å². The van der Waals surface area contributed by atoms with Crippen molar-refractivity contribution in [3.8, 4) is 16.9 Å². The van der Waals surface area contributed by atoms with Crippen LogP contribution in [-0.4, -0.2) is 27.0 Å². The summed E-state index contributed by atoms with van der Waals surface area (Å²) in [6.07, 6.45) is 1.75. The maximum Gasteiger partial charge on any atom is 0.239 e. The van der Waals surface area contributed by atoms with Gasteiger partial charge in [0.1, 0.15) is 5.75 Å². The Labute approximate surface area is 113 Å². The fourth-order valence-corrected chi connectivity index (χ4v) is 2.06. The monoisotopic (exact) mass is 254 g/mol. The van der Waals surface area contributed by atoms with Crippen molar-refractivity contribution in [1.82, 2.24) is 0 Å². The van der Waals surface area contributed by atoms with Gasteiger partial charge in [0.2, 0.25) is 6.29 Å². The van der Waals surface area contributed by atoms with Crippen LogP contribution in [0.25, 0.3) is 11.1 Å². The molecule has 0 N–H and O–H groups in total. The number of ether oxygens (including phenoxy) is 1. The lowest BCUT2D eigenvalue weighted by atomic mass is 10.0. The first-order chi connectivity index (χ1) is 9.24. The quantitative estimate of drug-likeness (QED) is 0.821. The fourth-order valence-electron chi connectivity index (χ4n) is 2.06. The third kappa shape index (κ3) is 2.94. The van der Waals surface area contributed by atoms with E-state index in [4.69, 9.17) is 4.74 Å². The molecule has 0 aromatic heterocycles. The van der Waals surface area contributed by atoms with Crippen molar-refractivity contribution in [1.29, 1.82) is 0 Å². The van der Waals surface area contributed by atoms with Gasteiger partial charge in [-0.25, -0.2) is 0 Å². The minimum atomic E-state index is -0.0565. The predicted molar refractivity (Wildman–Crippen MR) is 77.4 cm³/mol. The molecule has 2 rings (SSSR count). The Balaban J connectivity index is 2.51. The van der Waals surface area contributed by atoms with E-state index >= 15 is 0 Å². The summed E-state index contributed by atoms with van der Waals surface area (Å²) < 4.78 is 5.44. The van der Waals surface area contributed by atoms with Crippen LogP contribution >= 0.6 is 0 Å². The van der Waals surface area contributed by atoms with Gasteiger partial charge < -0.3 is 9.64 Å². The summed E-state index contributed by atoms with van der Waals surface area (Å²) in [6.45, 7) is -0.0565. The van der Waals surface area contributed by atoms with E-state index in [0.717, 1.165) is 16.8 Å². The molecule has 19 heavy (non-hydrogen) atoms. The smallest absolute Gasteiger partial charge is 0.239 e. The van der Waals surface area contributed by atoms with E-state index in [-0.39, 0.29) is 6.61 Å². The molecule has 1 radical (unpaired) electrons. The Bertz CT molecular complexity index is 550. The summed E-state index contributed by atoms with van der Waals surface area (Å²) >= 11 is 0. The number of benzene rings is 2. The van der Waals surface area contributed by atoms with Gasteiger partial charge in [-0.1, -0.05) is 42.5 Å². The highest BCUT2D eigenvalue weighted by Gasteiger charge is 2.12. The van der Waals surface area contributed by atoms with Crippen molar-refractivity contribution in [2.45, 2.75) is 0 Å². The minimum Gasteiger partial charge on any atom is -0.483 e. The van der Waals surface area contributed by atoms with E-state index in [9.17, 15) is 4.79 Å². The van der Waals surface area contributed by atoms with Crippen LogP contribution in [0.2, 0.25) is 0 Å². The first-order valence-corrected chi connectivity index (χ1v) is 6.07. The third-order valence-electron chi connectivity index (χ3n) is 2.82. The second-order valence-corrected chi connectivity index (χ2v) is 4.35. The first-order valence-electron chi connectivity index (χ1n) is 6.07. The summed E-state index contributed by atoms with van der Waals surface area (Å²) in [6, 6.07) is 15.9. The number of nitrogens with zero attached hydrogens (tertiary/aromatic N) is 1. The predicted octanol–water partition coefficient (Wildman–Crippen LogP) is 2.91. The third-order valence-corrected chi connectivity index (χ3v) is 2.82. The molecule has 0 fully saturated rings. The van der Waals surface area contributed by atoms with Crippen LogP contribution in [0.4, 0.5) is 5.69 Å². The highest BCUT2D eigenvalue weighted by atomic mass is 16.5. The molecular formula is C16H16NO2. The molecule has 0 spiro atoms. The zero-order valence-electron chi connectivity index (χ0n) is 11.1. The standard InChI is InChI=1S/C16H16NO2/c1-17(2)16-14(13-7-4-3-5-8-13)9-6-10-15(16)19-12-11-18/h3-10H,12H2,1-2H3. The number of rotatable bonds is 5. The topological polar surface area (TPSA) is 29.5 Å². The fraction of sp³-hybridized carbons (Fsp3) is 0.188. The number of hydrogen-bond acceptors (Lipinski definition) is 3. The van der Waals surface area contributed by atoms with Crippen LogP contribution in [0.1, 0.15) is 0 Å². The zero-order valence-corrected chi connectivity index (χ0v) is 11.1. The van der Waals surface area contributed by atoms with Crippen LogP contribution in [-0.2, 0) is 4.79 Å². The first kappa shape index (κ1) is 13.1. The molecule has 0 aliphatic heterocycles. The number of carbonyl (C=O) groups excluding carboxylic acids is 1. The van der Waals surface area contributed by atoms with E-state index in [2.05, 4.69) is 12.1 Å². The van der Waals surface area contributed by atoms with Gasteiger partial charge in [0.05, 0.1) is 5.69 Å². The molecule has 3 heteroatoms. The molecule has 0 saturated carbocycles. The molecular weight excluding hydrogens is 238 g/mol. The van der Waals surface area contributed by atoms with Gasteiger partial charge in [-0.2, -0.15) is 0 Å². The van der Waals surface area contributed by atoms with Crippen LogP contribution in [0.15, 0.2) is 48.5 Å². The second kappa shape index (κ2) is 6.05. The summed E-state index contributed by atoms with van der Waals surface area (Å²) in [5.74, 6) is 0.690. The lowest BCUT2D eigenvalue weighted by Gasteiger charge is -2.21. The molecule has 0 amide bonds. The SMILES string of the molecule is CN(C)c1c(OC[C]=O)cccc1-c1ccccc1. The number of anilines is 1. The molecule has 3 nitrogen and oxygen atoms in total. The minimum absolute atomic E-state index is 0.0565. The number of hydrogen-bond donors (Lipinski definition) is 0. The van der Waals surface area contributed by atoms with E-state index in [1.807, 2.05) is 55.4 Å². The van der Waals surface area contributed by atoms with Gasteiger partial charge >= 0.3 is 0 Å². The van der Waals surface area contributed by atoms with Gasteiger partial charge in [0.25, 0.3) is 0 Å². The Morgan fingerprint density at radius 2 is 1.79 bits per heavy atom. The molecule has 0 heterocycles. The van der Waals surface area contributed by atoms with Gasteiger partial charge in [0, 0.05) is 19.7 Å². The van der Waals surface area contributed by atoms with E-state index < -0.39 is 0 Å². The average Bonchev–Trinajstić information content (AvgIpc) is 2.45. The highest BCUT2D eigenvalue weighted by molar-refractivity contribution is 5.82. The maximum atomic E-state index is 10.4. The van der Waals surface area contributed by atoms with E-state index in [1.165, 1.54) is 0 Å². The largest absolute Gasteiger partial charge is 0.483 e. The molecule has 0 saturated heterocycles. The Morgan fingerprint density at radius 1 is 1.05 bits per heavy atom. The Kier molecular flexibility index (Phi) is 4.18. The Morgan fingerprint density at radius 3 is 2.42 bits per heavy atom. The van der Waals surface area contributed by atoms with Crippen LogP contribution < -0.4 is 9.64 Å². The van der Waals surface area contributed by atoms with Crippen LogP contribution in [0.5, 0.6) is 5.75 Å². The van der Waals surface area contributed by atoms with Gasteiger partial charge in [-0.15, -0.1) is 0 Å². The molecule has 2 aromatic rings. The summed E-state index contributed by atoms with van der Waals surface area (Å²) in [5.41, 5.74) is 3.16. The van der Waals surface area contributed by atoms with Crippen molar-refractivity contribution in [2.24, 2.45) is 0 Å². The summed E-state index contributed by atoms with van der Waals surface area (Å²) in [5, 5.41) is 0. The molecule has 0 atom stereocenters. The Hall–Kier alpha value is -2.29. The molecule has 0 unspecified atom stereocenters. The lowest BCUT2D eigenvalue weighted by molar-refractivity contribution is 0.365. The van der Waals surface area contributed by atoms with E-state index in [1.54, 1.807) is 6.29 Å². The summed E-state index contributed by atoms with van der Waals surface area (Å²) in [4.78, 5) is 12.3. The molecule has 0 bridgehead atoms. The van der Waals surface area contributed by atoms with Gasteiger partial charge in [0.15, 0.2) is 6.61 Å². The van der Waals surface area contributed by atoms with Crippen LogP contribution in [0.3, 0.4) is 0 Å². The zero-order chi connectivity index (χ0) is 13.7. The molecule has 0 aliphatic rings. The van der Waals surface area contributed by atoms with Gasteiger partial charge in [-0.05, 0) is 11.6 Å². The van der Waals surface area contributed by atoms with Crippen LogP contribution in [0, 0.1) is 0 Å². The highest BCUT2D eigenvalue weighted by Crippen LogP contribution is 2.37. The second-order valence-electron chi connectivity index (χ2n) is 4.35. The van der Waals surface area contributed by atoms with Crippen molar-refractivity contribution < 1.29 is 9.53 Å². The van der Waals surface area contributed by atoms with Crippen molar-refractivity contribution in [3.63, 3.8) is 0 Å². The van der Waals surface area contributed by atoms with Crippen molar-refractivity contribution >= 4 is 12.0 Å². The molecule has 2 aromatic carbocycles. The molecule has 0 aliphatic carbocycles. The number of para-hydroxylation sites is 1.